The summed E-state index contributed by atoms with van der Waals surface area (Å²) in [6.45, 7) is 9.40. The predicted molar refractivity (Wildman–Crippen MR) is 130 cm³/mol. The molecule has 0 spiro atoms. The zero-order valence-corrected chi connectivity index (χ0v) is 21.0. The van der Waals surface area contributed by atoms with E-state index < -0.39 is 0 Å². The minimum Gasteiger partial charge on any atom is -0.390 e. The Hall–Kier alpha value is -0.960. The van der Waals surface area contributed by atoms with Gasteiger partial charge in [-0.25, -0.2) is 0 Å². The molecule has 0 radical (unpaired) electrons. The quantitative estimate of drug-likeness (QED) is 0.552. The second-order valence-electron chi connectivity index (χ2n) is 12.7. The number of hydrogen-bond acceptors (Lipinski definition) is 3. The highest BCUT2D eigenvalue weighted by Crippen LogP contribution is 2.65. The van der Waals surface area contributed by atoms with E-state index >= 15 is 0 Å². The van der Waals surface area contributed by atoms with Gasteiger partial charge in [0.05, 0.1) is 17.0 Å². The fraction of sp³-hybridized carbons (Fsp3) is 0.862. The van der Waals surface area contributed by atoms with Crippen LogP contribution in [0.4, 0.5) is 0 Å². The average Bonchev–Trinajstić information content (AvgIpc) is 3.12. The molecule has 0 saturated heterocycles. The van der Waals surface area contributed by atoms with E-state index in [-0.39, 0.29) is 5.60 Å². The zero-order valence-electron chi connectivity index (χ0n) is 21.0. The largest absolute Gasteiger partial charge is 0.390 e. The Kier molecular flexibility index (Phi) is 6.18. The van der Waals surface area contributed by atoms with Crippen molar-refractivity contribution < 1.29 is 5.11 Å². The Morgan fingerprint density at radius 2 is 1.81 bits per heavy atom. The molecular formula is C29H46N2O. The molecule has 4 fully saturated rings. The van der Waals surface area contributed by atoms with Crippen molar-refractivity contribution in [2.45, 2.75) is 110 Å². The monoisotopic (exact) mass is 438 g/mol. The number of aryl methyl sites for hydroxylation is 1. The predicted octanol–water partition coefficient (Wildman–Crippen LogP) is 6.76. The van der Waals surface area contributed by atoms with E-state index in [0.29, 0.717) is 11.3 Å². The topological polar surface area (TPSA) is 46.0 Å². The molecule has 1 aromatic rings. The first-order valence-electron chi connectivity index (χ1n) is 13.8. The minimum absolute atomic E-state index is 0.349. The van der Waals surface area contributed by atoms with Crippen LogP contribution in [0.25, 0.3) is 0 Å². The fourth-order valence-electron chi connectivity index (χ4n) is 9.63. The summed E-state index contributed by atoms with van der Waals surface area (Å²) in [7, 11) is 0. The van der Waals surface area contributed by atoms with E-state index in [1.54, 1.807) is 0 Å². The summed E-state index contributed by atoms with van der Waals surface area (Å²) in [5.74, 6) is 6.02. The lowest BCUT2D eigenvalue weighted by Gasteiger charge is -2.57. The highest BCUT2D eigenvalue weighted by molar-refractivity contribution is 5.09. The van der Waals surface area contributed by atoms with Gasteiger partial charge in [0.2, 0.25) is 0 Å². The van der Waals surface area contributed by atoms with Crippen molar-refractivity contribution in [2.75, 3.05) is 0 Å². The smallest absolute Gasteiger partial charge is 0.0650 e. The first-order valence-corrected chi connectivity index (χ1v) is 13.8. The van der Waals surface area contributed by atoms with Crippen molar-refractivity contribution in [3.63, 3.8) is 0 Å². The van der Waals surface area contributed by atoms with Crippen LogP contribution in [-0.2, 0) is 6.42 Å². The van der Waals surface area contributed by atoms with Crippen LogP contribution < -0.4 is 0 Å². The molecule has 0 unspecified atom stereocenters. The van der Waals surface area contributed by atoms with Crippen molar-refractivity contribution in [1.29, 1.82) is 0 Å². The van der Waals surface area contributed by atoms with E-state index in [0.717, 1.165) is 73.3 Å². The molecule has 3 heteroatoms. The van der Waals surface area contributed by atoms with Gasteiger partial charge in [-0.15, -0.1) is 0 Å². The van der Waals surface area contributed by atoms with Crippen molar-refractivity contribution in [3.05, 3.63) is 23.8 Å². The van der Waals surface area contributed by atoms with Gasteiger partial charge in [0.25, 0.3) is 0 Å². The van der Waals surface area contributed by atoms with Crippen LogP contribution in [0.2, 0.25) is 0 Å². The number of aromatic nitrogens is 2. The molecule has 4 aliphatic rings. The number of fused-ring (bicyclic) bond motifs is 5. The third-order valence-electron chi connectivity index (χ3n) is 10.9. The van der Waals surface area contributed by atoms with Crippen LogP contribution in [0.1, 0.15) is 103 Å². The summed E-state index contributed by atoms with van der Waals surface area (Å²) in [6.07, 6.45) is 19.1. The molecule has 4 saturated carbocycles. The Bertz CT molecular complexity index is 793. The maximum atomic E-state index is 11.1. The Morgan fingerprint density at radius 1 is 1.00 bits per heavy atom. The van der Waals surface area contributed by atoms with Gasteiger partial charge in [0, 0.05) is 12.4 Å². The zero-order chi connectivity index (χ0) is 22.5. The van der Waals surface area contributed by atoms with Gasteiger partial charge in [-0.2, -0.15) is 0 Å². The second kappa shape index (κ2) is 8.67. The van der Waals surface area contributed by atoms with Crippen LogP contribution >= 0.6 is 0 Å². The molecule has 32 heavy (non-hydrogen) atoms. The molecule has 4 aliphatic carbocycles. The first-order chi connectivity index (χ1) is 15.3. The van der Waals surface area contributed by atoms with Crippen LogP contribution in [0, 0.1) is 53.8 Å². The van der Waals surface area contributed by atoms with Gasteiger partial charge in [0.1, 0.15) is 0 Å². The molecule has 9 atom stereocenters. The summed E-state index contributed by atoms with van der Waals surface area (Å²) in [5.41, 5.74) is 2.35. The third kappa shape index (κ3) is 3.95. The molecule has 5 rings (SSSR count). The van der Waals surface area contributed by atoms with E-state index in [4.69, 9.17) is 0 Å². The molecule has 178 valence electrons. The Morgan fingerprint density at radius 3 is 2.56 bits per heavy atom. The maximum Gasteiger partial charge on any atom is 0.0650 e. The molecule has 0 amide bonds. The lowest BCUT2D eigenvalue weighted by atomic mass is 9.48. The van der Waals surface area contributed by atoms with Crippen molar-refractivity contribution >= 4 is 0 Å². The second-order valence-corrected chi connectivity index (χ2v) is 12.7. The van der Waals surface area contributed by atoms with Crippen LogP contribution in [0.3, 0.4) is 0 Å². The highest BCUT2D eigenvalue weighted by Gasteiger charge is 2.58. The molecule has 0 aliphatic heterocycles. The molecule has 0 bridgehead atoms. The minimum atomic E-state index is -0.349. The van der Waals surface area contributed by atoms with E-state index in [9.17, 15) is 5.11 Å². The number of rotatable bonds is 5. The van der Waals surface area contributed by atoms with Gasteiger partial charge in [-0.1, -0.05) is 27.2 Å². The fourth-order valence-corrected chi connectivity index (χ4v) is 9.63. The lowest BCUT2D eigenvalue weighted by molar-refractivity contribution is -0.110. The molecule has 0 aromatic carbocycles. The molecule has 1 aromatic heterocycles. The Balaban J connectivity index is 1.27. The normalized spacial score (nSPS) is 44.4. The van der Waals surface area contributed by atoms with Gasteiger partial charge >= 0.3 is 0 Å². The van der Waals surface area contributed by atoms with Gasteiger partial charge in [0.15, 0.2) is 0 Å². The number of nitrogens with zero attached hydrogens (tertiary/aromatic N) is 2. The highest BCUT2D eigenvalue weighted by atomic mass is 16.3. The number of hydrogen-bond donors (Lipinski definition) is 1. The standard InChI is InChI=1S/C29H46N2O/c1-5-12-29(32)14-11-23-21(16-29)6-7-25-24(23)10-13-28(4)26(8-9-27(25)28)19(2)15-22-18-30-20(3)17-31-22/h17-19,21,23-27,32H,5-16H2,1-4H3/t19-,21-,23+,24-,25-,26-,27+,28-,29-/m1/s1. The first kappa shape index (κ1) is 22.8. The third-order valence-corrected chi connectivity index (χ3v) is 10.9. The van der Waals surface area contributed by atoms with Gasteiger partial charge in [-0.05, 0) is 124 Å². The lowest BCUT2D eigenvalue weighted by Crippen LogP contribution is -2.51. The summed E-state index contributed by atoms with van der Waals surface area (Å²) in [6, 6.07) is 0. The van der Waals surface area contributed by atoms with E-state index in [1.165, 1.54) is 50.6 Å². The van der Waals surface area contributed by atoms with Crippen molar-refractivity contribution in [3.8, 4) is 0 Å². The summed E-state index contributed by atoms with van der Waals surface area (Å²) >= 11 is 0. The SMILES string of the molecule is CCC[C@@]1(O)CC[C@H]2[C@H](CC[C@@H]3[C@@H]2CC[C@]2(C)[C@@H]([C@H](C)Cc4cnc(C)cn4)CC[C@@H]32)C1. The van der Waals surface area contributed by atoms with Crippen LogP contribution in [0.5, 0.6) is 0 Å². The van der Waals surface area contributed by atoms with E-state index in [2.05, 4.69) is 30.7 Å². The summed E-state index contributed by atoms with van der Waals surface area (Å²) < 4.78 is 0. The molecule has 1 heterocycles. The molecule has 3 nitrogen and oxygen atoms in total. The maximum absolute atomic E-state index is 11.1. The van der Waals surface area contributed by atoms with Crippen LogP contribution in [0.15, 0.2) is 12.4 Å². The average molecular weight is 439 g/mol. The van der Waals surface area contributed by atoms with Crippen LogP contribution in [-0.4, -0.2) is 20.7 Å². The van der Waals surface area contributed by atoms with Gasteiger partial charge < -0.3 is 5.11 Å². The molecular weight excluding hydrogens is 392 g/mol. The Labute approximate surface area is 196 Å². The summed E-state index contributed by atoms with van der Waals surface area (Å²) in [4.78, 5) is 9.16. The number of aliphatic hydroxyl groups is 1. The summed E-state index contributed by atoms with van der Waals surface area (Å²) in [5, 5.41) is 11.1. The van der Waals surface area contributed by atoms with Crippen molar-refractivity contribution in [2.24, 2.45) is 46.8 Å². The van der Waals surface area contributed by atoms with Gasteiger partial charge in [-0.3, -0.25) is 9.97 Å². The van der Waals surface area contributed by atoms with E-state index in [1.807, 2.05) is 19.3 Å². The van der Waals surface area contributed by atoms with Crippen molar-refractivity contribution in [1.82, 2.24) is 9.97 Å². The molecule has 1 N–H and O–H groups in total.